The van der Waals surface area contributed by atoms with Crippen LogP contribution in [0.2, 0.25) is 0 Å². The molecule has 1 atom stereocenters. The van der Waals surface area contributed by atoms with E-state index in [0.717, 1.165) is 18.4 Å². The highest BCUT2D eigenvalue weighted by atomic mass is 19.1. The molecule has 0 saturated carbocycles. The van der Waals surface area contributed by atoms with E-state index in [4.69, 9.17) is 4.74 Å². The minimum atomic E-state index is -0.931. The Bertz CT molecular complexity index is 637. The van der Waals surface area contributed by atoms with Gasteiger partial charge in [-0.2, -0.15) is 0 Å². The van der Waals surface area contributed by atoms with Crippen LogP contribution in [0, 0.1) is 5.82 Å². The lowest BCUT2D eigenvalue weighted by atomic mass is 9.91. The molecular weight excluding hydrogens is 295 g/mol. The summed E-state index contributed by atoms with van der Waals surface area (Å²) in [6.45, 7) is 2.70. The highest BCUT2D eigenvalue weighted by Gasteiger charge is 2.22. The lowest BCUT2D eigenvalue weighted by Gasteiger charge is -2.16. The van der Waals surface area contributed by atoms with Crippen LogP contribution in [0.5, 0.6) is 5.75 Å². The summed E-state index contributed by atoms with van der Waals surface area (Å²) in [6, 6.07) is 13.1. The lowest BCUT2D eigenvalue weighted by Crippen LogP contribution is -2.15. The van der Waals surface area contributed by atoms with E-state index in [9.17, 15) is 14.3 Å². The number of hydrogen-bond acceptors (Lipinski definition) is 2. The predicted molar refractivity (Wildman–Crippen MR) is 87.3 cm³/mol. The van der Waals surface area contributed by atoms with Crippen molar-refractivity contribution in [3.8, 4) is 5.75 Å². The van der Waals surface area contributed by atoms with Crippen LogP contribution in [0.1, 0.15) is 36.8 Å². The molecule has 4 heteroatoms. The quantitative estimate of drug-likeness (QED) is 0.734. The third-order valence-electron chi connectivity index (χ3n) is 3.72. The zero-order valence-corrected chi connectivity index (χ0v) is 13.2. The number of para-hydroxylation sites is 1. The molecule has 122 valence electrons. The largest absolute Gasteiger partial charge is 0.493 e. The monoisotopic (exact) mass is 316 g/mol. The van der Waals surface area contributed by atoms with Gasteiger partial charge in [-0.1, -0.05) is 43.7 Å². The van der Waals surface area contributed by atoms with E-state index in [2.05, 4.69) is 6.92 Å². The zero-order chi connectivity index (χ0) is 16.7. The number of carboxylic acid groups (broad SMARTS) is 1. The van der Waals surface area contributed by atoms with Crippen molar-refractivity contribution in [2.24, 2.45) is 0 Å². The molecule has 0 aliphatic rings. The van der Waals surface area contributed by atoms with Gasteiger partial charge in [-0.3, -0.25) is 4.79 Å². The van der Waals surface area contributed by atoms with E-state index in [0.29, 0.717) is 24.3 Å². The van der Waals surface area contributed by atoms with Gasteiger partial charge in [0.1, 0.15) is 11.6 Å². The first-order chi connectivity index (χ1) is 11.1. The van der Waals surface area contributed by atoms with Crippen molar-refractivity contribution in [3.05, 3.63) is 65.5 Å². The van der Waals surface area contributed by atoms with Gasteiger partial charge >= 0.3 is 5.97 Å². The molecule has 2 aromatic carbocycles. The normalized spacial score (nSPS) is 11.9. The molecular formula is C19H21FO3. The summed E-state index contributed by atoms with van der Waals surface area (Å²) in [4.78, 5) is 11.6. The number of halogens is 1. The molecule has 1 unspecified atom stereocenters. The summed E-state index contributed by atoms with van der Waals surface area (Å²) in [5.74, 6) is -1.32. The molecule has 2 rings (SSSR count). The summed E-state index contributed by atoms with van der Waals surface area (Å²) in [5, 5.41) is 9.53. The van der Waals surface area contributed by atoms with Crippen molar-refractivity contribution in [1.29, 1.82) is 0 Å². The molecule has 0 aliphatic heterocycles. The van der Waals surface area contributed by atoms with Crippen molar-refractivity contribution in [2.75, 3.05) is 6.61 Å². The van der Waals surface area contributed by atoms with Crippen molar-refractivity contribution in [1.82, 2.24) is 0 Å². The molecule has 23 heavy (non-hydrogen) atoms. The van der Waals surface area contributed by atoms with Crippen molar-refractivity contribution in [3.63, 3.8) is 0 Å². The average molecular weight is 316 g/mol. The van der Waals surface area contributed by atoms with Crippen LogP contribution in [0.3, 0.4) is 0 Å². The smallest absolute Gasteiger partial charge is 0.311 e. The van der Waals surface area contributed by atoms with Crippen molar-refractivity contribution in [2.45, 2.75) is 32.1 Å². The Kier molecular flexibility index (Phi) is 6.15. The molecule has 0 radical (unpaired) electrons. The van der Waals surface area contributed by atoms with Crippen LogP contribution in [0.25, 0.3) is 0 Å². The number of unbranched alkanes of at least 4 members (excludes halogenated alkanes) is 1. The first-order valence-corrected chi connectivity index (χ1v) is 7.80. The van der Waals surface area contributed by atoms with E-state index in [1.54, 1.807) is 0 Å². The van der Waals surface area contributed by atoms with E-state index in [1.165, 1.54) is 24.3 Å². The summed E-state index contributed by atoms with van der Waals surface area (Å²) in [6.07, 6.45) is 2.30. The molecule has 0 saturated heterocycles. The van der Waals surface area contributed by atoms with Gasteiger partial charge < -0.3 is 9.84 Å². The fourth-order valence-electron chi connectivity index (χ4n) is 2.40. The number of carboxylic acids is 1. The van der Waals surface area contributed by atoms with Gasteiger partial charge in [0, 0.05) is 0 Å². The molecule has 1 N–H and O–H groups in total. The molecule has 3 nitrogen and oxygen atoms in total. The average Bonchev–Trinajstić information content (AvgIpc) is 2.55. The number of aliphatic carboxylic acids is 1. The molecule has 0 heterocycles. The van der Waals surface area contributed by atoms with Gasteiger partial charge in [0.15, 0.2) is 0 Å². The fraction of sp³-hybridized carbons (Fsp3) is 0.316. The number of carbonyl (C=O) groups is 1. The summed E-state index contributed by atoms with van der Waals surface area (Å²) >= 11 is 0. The van der Waals surface area contributed by atoms with E-state index in [1.807, 2.05) is 24.3 Å². The second-order valence-electron chi connectivity index (χ2n) is 5.46. The van der Waals surface area contributed by atoms with E-state index in [-0.39, 0.29) is 5.82 Å². The Morgan fingerprint density at radius 1 is 1.17 bits per heavy atom. The molecule has 0 bridgehead atoms. The second-order valence-corrected chi connectivity index (χ2v) is 5.46. The molecule has 0 amide bonds. The Labute approximate surface area is 135 Å². The fourth-order valence-corrected chi connectivity index (χ4v) is 2.40. The minimum absolute atomic E-state index is 0.309. The second kappa shape index (κ2) is 8.32. The van der Waals surface area contributed by atoms with Crippen LogP contribution in [-0.2, 0) is 11.2 Å². The minimum Gasteiger partial charge on any atom is -0.493 e. The zero-order valence-electron chi connectivity index (χ0n) is 13.2. The third kappa shape index (κ3) is 4.81. The number of ether oxygens (including phenoxy) is 1. The summed E-state index contributed by atoms with van der Waals surface area (Å²) in [5.41, 5.74) is 1.43. The highest BCUT2D eigenvalue weighted by molar-refractivity contribution is 5.76. The standard InChI is InChI=1S/C19H21FO3/c1-2-3-12-23-18-7-5-4-6-15(18)13-17(19(21)22)14-8-10-16(20)11-9-14/h4-11,17H,2-3,12-13H2,1H3,(H,21,22). The Morgan fingerprint density at radius 2 is 1.87 bits per heavy atom. The van der Waals surface area contributed by atoms with E-state index >= 15 is 0 Å². The van der Waals surface area contributed by atoms with Crippen LogP contribution >= 0.6 is 0 Å². The van der Waals surface area contributed by atoms with Crippen LogP contribution in [-0.4, -0.2) is 17.7 Å². The van der Waals surface area contributed by atoms with Crippen LogP contribution in [0.15, 0.2) is 48.5 Å². The maximum Gasteiger partial charge on any atom is 0.311 e. The summed E-state index contributed by atoms with van der Waals surface area (Å²) < 4.78 is 18.8. The Hall–Kier alpha value is -2.36. The summed E-state index contributed by atoms with van der Waals surface area (Å²) in [7, 11) is 0. The van der Waals surface area contributed by atoms with Gasteiger partial charge in [-0.25, -0.2) is 4.39 Å². The molecule has 0 aromatic heterocycles. The van der Waals surface area contributed by atoms with Gasteiger partial charge in [-0.15, -0.1) is 0 Å². The molecule has 0 fully saturated rings. The van der Waals surface area contributed by atoms with Crippen molar-refractivity contribution >= 4 is 5.97 Å². The highest BCUT2D eigenvalue weighted by Crippen LogP contribution is 2.27. The van der Waals surface area contributed by atoms with Gasteiger partial charge in [0.2, 0.25) is 0 Å². The molecule has 2 aromatic rings. The van der Waals surface area contributed by atoms with Crippen molar-refractivity contribution < 1.29 is 19.0 Å². The predicted octanol–water partition coefficient (Wildman–Crippen LogP) is 4.42. The van der Waals surface area contributed by atoms with E-state index < -0.39 is 11.9 Å². The number of hydrogen-bond donors (Lipinski definition) is 1. The first-order valence-electron chi connectivity index (χ1n) is 7.80. The maximum absolute atomic E-state index is 13.0. The Morgan fingerprint density at radius 3 is 2.52 bits per heavy atom. The Balaban J connectivity index is 2.20. The molecule has 0 spiro atoms. The molecule has 0 aliphatic carbocycles. The van der Waals surface area contributed by atoms with Gasteiger partial charge in [0.25, 0.3) is 0 Å². The number of rotatable bonds is 8. The first kappa shape index (κ1) is 17.0. The third-order valence-corrected chi connectivity index (χ3v) is 3.72. The lowest BCUT2D eigenvalue weighted by molar-refractivity contribution is -0.138. The topological polar surface area (TPSA) is 46.5 Å². The van der Waals surface area contributed by atoms with Crippen LogP contribution < -0.4 is 4.74 Å². The van der Waals surface area contributed by atoms with Gasteiger partial charge in [-0.05, 0) is 42.2 Å². The van der Waals surface area contributed by atoms with Gasteiger partial charge in [0.05, 0.1) is 12.5 Å². The van der Waals surface area contributed by atoms with Crippen LogP contribution in [0.4, 0.5) is 4.39 Å². The SMILES string of the molecule is CCCCOc1ccccc1CC(C(=O)O)c1ccc(F)cc1. The maximum atomic E-state index is 13.0. The number of benzene rings is 2.